The minimum Gasteiger partial charge on any atom is -0.333 e. The summed E-state index contributed by atoms with van der Waals surface area (Å²) in [6, 6.07) is 3.84. The SMILES string of the molecule is CCN(CC(=O)Nc1nc(C)cs1)C(=O)Cc1cccs1. The minimum atomic E-state index is -0.217. The first-order chi connectivity index (χ1) is 10.1. The summed E-state index contributed by atoms with van der Waals surface area (Å²) < 4.78 is 0. The van der Waals surface area contributed by atoms with Gasteiger partial charge in [-0.3, -0.25) is 9.59 Å². The summed E-state index contributed by atoms with van der Waals surface area (Å²) in [7, 11) is 0. The second kappa shape index (κ2) is 7.33. The van der Waals surface area contributed by atoms with Crippen molar-refractivity contribution >= 4 is 39.6 Å². The van der Waals surface area contributed by atoms with Crippen molar-refractivity contribution < 1.29 is 9.59 Å². The van der Waals surface area contributed by atoms with Gasteiger partial charge in [0.25, 0.3) is 0 Å². The summed E-state index contributed by atoms with van der Waals surface area (Å²) in [6.07, 6.45) is 0.342. The second-order valence-electron chi connectivity index (χ2n) is 4.51. The lowest BCUT2D eigenvalue weighted by atomic mass is 10.3. The number of hydrogen-bond donors (Lipinski definition) is 1. The Morgan fingerprint density at radius 3 is 2.76 bits per heavy atom. The van der Waals surface area contributed by atoms with Crippen molar-refractivity contribution in [1.82, 2.24) is 9.88 Å². The van der Waals surface area contributed by atoms with E-state index in [4.69, 9.17) is 0 Å². The maximum Gasteiger partial charge on any atom is 0.245 e. The summed E-state index contributed by atoms with van der Waals surface area (Å²) in [5, 5.41) is 7.10. The standard InChI is InChI=1S/C14H17N3O2S2/c1-3-17(13(19)7-11-5-4-6-20-11)8-12(18)16-14-15-10(2)9-21-14/h4-6,9H,3,7-8H2,1-2H3,(H,15,16,18). The van der Waals surface area contributed by atoms with Gasteiger partial charge in [-0.2, -0.15) is 0 Å². The van der Waals surface area contributed by atoms with Crippen LogP contribution in [0.15, 0.2) is 22.9 Å². The van der Waals surface area contributed by atoms with E-state index in [1.807, 2.05) is 36.7 Å². The van der Waals surface area contributed by atoms with E-state index in [0.29, 0.717) is 18.1 Å². The van der Waals surface area contributed by atoms with Crippen molar-refractivity contribution in [3.63, 3.8) is 0 Å². The van der Waals surface area contributed by atoms with Gasteiger partial charge in [0.2, 0.25) is 11.8 Å². The van der Waals surface area contributed by atoms with Crippen LogP contribution in [-0.2, 0) is 16.0 Å². The van der Waals surface area contributed by atoms with E-state index < -0.39 is 0 Å². The van der Waals surface area contributed by atoms with Crippen LogP contribution in [0.2, 0.25) is 0 Å². The monoisotopic (exact) mass is 323 g/mol. The van der Waals surface area contributed by atoms with Crippen LogP contribution in [0.1, 0.15) is 17.5 Å². The number of anilines is 1. The number of amides is 2. The van der Waals surface area contributed by atoms with Crippen molar-refractivity contribution in [3.8, 4) is 0 Å². The number of carbonyl (C=O) groups is 2. The molecule has 0 spiro atoms. The third kappa shape index (κ3) is 4.64. The molecule has 2 heterocycles. The van der Waals surface area contributed by atoms with Crippen molar-refractivity contribution in [2.75, 3.05) is 18.4 Å². The molecule has 2 aromatic rings. The van der Waals surface area contributed by atoms with Crippen LogP contribution < -0.4 is 5.32 Å². The first kappa shape index (κ1) is 15.7. The average molecular weight is 323 g/mol. The van der Waals surface area contributed by atoms with Gasteiger partial charge in [0, 0.05) is 16.8 Å². The summed E-state index contributed by atoms with van der Waals surface area (Å²) in [4.78, 5) is 30.9. The summed E-state index contributed by atoms with van der Waals surface area (Å²) in [5.41, 5.74) is 0.872. The third-order valence-corrected chi connectivity index (χ3v) is 4.59. The molecule has 0 aliphatic rings. The Hall–Kier alpha value is -1.73. The lowest BCUT2D eigenvalue weighted by molar-refractivity contribution is -0.133. The van der Waals surface area contributed by atoms with Gasteiger partial charge in [-0.15, -0.1) is 22.7 Å². The number of likely N-dealkylation sites (N-methyl/N-ethyl adjacent to an activating group) is 1. The first-order valence-electron chi connectivity index (χ1n) is 6.60. The van der Waals surface area contributed by atoms with Gasteiger partial charge < -0.3 is 10.2 Å². The van der Waals surface area contributed by atoms with E-state index in [1.165, 1.54) is 11.3 Å². The molecule has 0 radical (unpaired) electrons. The molecule has 7 heteroatoms. The molecule has 0 fully saturated rings. The number of aryl methyl sites for hydroxylation is 1. The largest absolute Gasteiger partial charge is 0.333 e. The Bertz CT molecular complexity index is 608. The molecule has 0 aliphatic heterocycles. The highest BCUT2D eigenvalue weighted by Gasteiger charge is 2.17. The van der Waals surface area contributed by atoms with Crippen LogP contribution in [0.25, 0.3) is 0 Å². The fourth-order valence-electron chi connectivity index (χ4n) is 1.79. The van der Waals surface area contributed by atoms with E-state index >= 15 is 0 Å². The summed E-state index contributed by atoms with van der Waals surface area (Å²) >= 11 is 2.93. The van der Waals surface area contributed by atoms with E-state index in [-0.39, 0.29) is 18.4 Å². The molecule has 2 aromatic heterocycles. The predicted octanol–water partition coefficient (Wildman–Crippen LogP) is 2.54. The maximum absolute atomic E-state index is 12.2. The number of rotatable bonds is 6. The second-order valence-corrected chi connectivity index (χ2v) is 6.40. The van der Waals surface area contributed by atoms with Gasteiger partial charge in [-0.05, 0) is 25.3 Å². The van der Waals surface area contributed by atoms with Gasteiger partial charge in [-0.1, -0.05) is 6.07 Å². The number of nitrogens with one attached hydrogen (secondary N) is 1. The van der Waals surface area contributed by atoms with Gasteiger partial charge in [0.1, 0.15) is 0 Å². The Labute approximate surface area is 131 Å². The fourth-order valence-corrected chi connectivity index (χ4v) is 3.19. The zero-order valence-electron chi connectivity index (χ0n) is 12.0. The molecule has 0 bridgehead atoms. The zero-order chi connectivity index (χ0) is 15.2. The van der Waals surface area contributed by atoms with Gasteiger partial charge in [-0.25, -0.2) is 4.98 Å². The molecular formula is C14H17N3O2S2. The Morgan fingerprint density at radius 2 is 2.19 bits per heavy atom. The Morgan fingerprint density at radius 1 is 1.38 bits per heavy atom. The first-order valence-corrected chi connectivity index (χ1v) is 8.36. The van der Waals surface area contributed by atoms with Crippen LogP contribution in [0.5, 0.6) is 0 Å². The smallest absolute Gasteiger partial charge is 0.245 e. The lowest BCUT2D eigenvalue weighted by Gasteiger charge is -2.19. The molecule has 21 heavy (non-hydrogen) atoms. The van der Waals surface area contributed by atoms with Crippen molar-refractivity contribution in [2.24, 2.45) is 0 Å². The summed E-state index contributed by atoms with van der Waals surface area (Å²) in [6.45, 7) is 4.30. The topological polar surface area (TPSA) is 62.3 Å². The van der Waals surface area contributed by atoms with Gasteiger partial charge in [0.05, 0.1) is 18.7 Å². The molecule has 0 aromatic carbocycles. The normalized spacial score (nSPS) is 10.4. The zero-order valence-corrected chi connectivity index (χ0v) is 13.6. The molecule has 1 N–H and O–H groups in total. The molecular weight excluding hydrogens is 306 g/mol. The number of nitrogens with zero attached hydrogens (tertiary/aromatic N) is 2. The molecule has 0 aliphatic carbocycles. The summed E-state index contributed by atoms with van der Waals surface area (Å²) in [5.74, 6) is -0.254. The van der Waals surface area contributed by atoms with Crippen molar-refractivity contribution in [3.05, 3.63) is 33.5 Å². The minimum absolute atomic E-state index is 0.0366. The van der Waals surface area contributed by atoms with Crippen LogP contribution in [0.3, 0.4) is 0 Å². The van der Waals surface area contributed by atoms with E-state index in [9.17, 15) is 9.59 Å². The van der Waals surface area contributed by atoms with Crippen LogP contribution >= 0.6 is 22.7 Å². The Balaban J connectivity index is 1.88. The third-order valence-electron chi connectivity index (χ3n) is 2.84. The van der Waals surface area contributed by atoms with Gasteiger partial charge in [0.15, 0.2) is 5.13 Å². The number of aromatic nitrogens is 1. The molecule has 2 amide bonds. The number of thiophene rings is 1. The molecule has 112 valence electrons. The fraction of sp³-hybridized carbons (Fsp3) is 0.357. The molecule has 5 nitrogen and oxygen atoms in total. The average Bonchev–Trinajstić information content (AvgIpc) is 3.08. The predicted molar refractivity (Wildman–Crippen MR) is 85.8 cm³/mol. The van der Waals surface area contributed by atoms with Crippen LogP contribution in [0, 0.1) is 6.92 Å². The quantitative estimate of drug-likeness (QED) is 0.888. The van der Waals surface area contributed by atoms with Crippen LogP contribution in [-0.4, -0.2) is 34.8 Å². The highest BCUT2D eigenvalue weighted by molar-refractivity contribution is 7.13. The molecule has 2 rings (SSSR count). The van der Waals surface area contributed by atoms with E-state index in [2.05, 4.69) is 10.3 Å². The highest BCUT2D eigenvalue weighted by Crippen LogP contribution is 2.14. The molecule has 0 saturated carbocycles. The van der Waals surface area contributed by atoms with E-state index in [1.54, 1.807) is 16.2 Å². The van der Waals surface area contributed by atoms with Crippen molar-refractivity contribution in [1.29, 1.82) is 0 Å². The molecule has 0 atom stereocenters. The molecule has 0 saturated heterocycles. The number of carbonyl (C=O) groups excluding carboxylic acids is 2. The number of hydrogen-bond acceptors (Lipinski definition) is 5. The molecule has 0 unspecified atom stereocenters. The van der Waals surface area contributed by atoms with E-state index in [0.717, 1.165) is 10.6 Å². The maximum atomic E-state index is 12.2. The number of thiazole rings is 1. The van der Waals surface area contributed by atoms with Crippen LogP contribution in [0.4, 0.5) is 5.13 Å². The van der Waals surface area contributed by atoms with Gasteiger partial charge >= 0.3 is 0 Å². The Kier molecular flexibility index (Phi) is 5.46. The lowest BCUT2D eigenvalue weighted by Crippen LogP contribution is -2.38. The highest BCUT2D eigenvalue weighted by atomic mass is 32.1. The van der Waals surface area contributed by atoms with Crippen molar-refractivity contribution in [2.45, 2.75) is 20.3 Å².